The molecule has 2 atom stereocenters. The van der Waals surface area contributed by atoms with Crippen LogP contribution in [-0.2, 0) is 4.79 Å². The molecule has 2 aromatic heterocycles. The quantitative estimate of drug-likeness (QED) is 0.294. The SMILES string of the molecule is CC(Oc1cc(-c2cnn([C@H](C)C(=O)NCCCN(C)C)c2)cnc1N)c1c(Cl)ccc(F)c1Cl. The highest BCUT2D eigenvalue weighted by Gasteiger charge is 2.21. The molecule has 0 saturated heterocycles. The van der Waals surface area contributed by atoms with Crippen LogP contribution in [0.2, 0.25) is 10.0 Å². The van der Waals surface area contributed by atoms with Crippen molar-refractivity contribution in [1.82, 2.24) is 25.0 Å². The topological polar surface area (TPSA) is 98.3 Å². The van der Waals surface area contributed by atoms with E-state index >= 15 is 0 Å². The van der Waals surface area contributed by atoms with E-state index in [4.69, 9.17) is 33.7 Å². The number of nitrogen functional groups attached to an aromatic ring is 1. The van der Waals surface area contributed by atoms with Gasteiger partial charge in [-0.3, -0.25) is 9.48 Å². The average Bonchev–Trinajstić information content (AvgIpc) is 3.30. The van der Waals surface area contributed by atoms with Crippen molar-refractivity contribution < 1.29 is 13.9 Å². The molecule has 11 heteroatoms. The molecule has 0 aliphatic carbocycles. The number of pyridine rings is 1. The third kappa shape index (κ3) is 6.62. The van der Waals surface area contributed by atoms with E-state index in [0.717, 1.165) is 18.5 Å². The highest BCUT2D eigenvalue weighted by molar-refractivity contribution is 6.36. The van der Waals surface area contributed by atoms with Crippen molar-refractivity contribution in [2.45, 2.75) is 32.4 Å². The lowest BCUT2D eigenvalue weighted by Gasteiger charge is -2.19. The van der Waals surface area contributed by atoms with Crippen molar-refractivity contribution in [3.8, 4) is 16.9 Å². The number of benzene rings is 1. The summed E-state index contributed by atoms with van der Waals surface area (Å²) in [4.78, 5) is 18.8. The molecule has 1 unspecified atom stereocenters. The van der Waals surface area contributed by atoms with E-state index in [-0.39, 0.29) is 27.5 Å². The number of amides is 1. The van der Waals surface area contributed by atoms with Crippen molar-refractivity contribution in [3.05, 3.63) is 58.2 Å². The first-order valence-corrected chi connectivity index (χ1v) is 11.9. The first kappa shape index (κ1) is 26.7. The molecule has 3 rings (SSSR count). The van der Waals surface area contributed by atoms with Gasteiger partial charge in [0.1, 0.15) is 18.0 Å². The van der Waals surface area contributed by atoms with E-state index in [1.54, 1.807) is 43.2 Å². The Morgan fingerprint density at radius 3 is 2.71 bits per heavy atom. The number of aromatic nitrogens is 3. The van der Waals surface area contributed by atoms with Crippen molar-refractivity contribution in [1.29, 1.82) is 0 Å². The molecule has 1 aromatic carbocycles. The Hall–Kier alpha value is -2.88. The molecule has 8 nitrogen and oxygen atoms in total. The smallest absolute Gasteiger partial charge is 0.244 e. The Morgan fingerprint density at radius 2 is 2.00 bits per heavy atom. The number of nitrogens with zero attached hydrogens (tertiary/aromatic N) is 4. The fourth-order valence-electron chi connectivity index (χ4n) is 3.45. The molecule has 0 spiro atoms. The van der Waals surface area contributed by atoms with Crippen molar-refractivity contribution in [3.63, 3.8) is 0 Å². The second-order valence-electron chi connectivity index (χ2n) is 8.46. The lowest BCUT2D eigenvalue weighted by Crippen LogP contribution is -2.33. The molecule has 3 aromatic rings. The summed E-state index contributed by atoms with van der Waals surface area (Å²) in [6.07, 6.45) is 5.15. The molecule has 35 heavy (non-hydrogen) atoms. The van der Waals surface area contributed by atoms with E-state index in [1.807, 2.05) is 14.1 Å². The fourth-order valence-corrected chi connectivity index (χ4v) is 4.12. The van der Waals surface area contributed by atoms with Gasteiger partial charge >= 0.3 is 0 Å². The molecule has 0 saturated carbocycles. The molecule has 188 valence electrons. The van der Waals surface area contributed by atoms with Crippen LogP contribution in [0.1, 0.15) is 38.0 Å². The van der Waals surface area contributed by atoms with Gasteiger partial charge in [-0.2, -0.15) is 5.10 Å². The van der Waals surface area contributed by atoms with Gasteiger partial charge in [0.05, 0.1) is 11.2 Å². The molecular weight excluding hydrogens is 494 g/mol. The van der Waals surface area contributed by atoms with E-state index in [2.05, 4.69) is 20.3 Å². The maximum atomic E-state index is 13.9. The van der Waals surface area contributed by atoms with Crippen LogP contribution in [0.15, 0.2) is 36.8 Å². The number of hydrogen-bond donors (Lipinski definition) is 2. The van der Waals surface area contributed by atoms with Crippen LogP contribution in [0.25, 0.3) is 11.1 Å². The highest BCUT2D eigenvalue weighted by Crippen LogP contribution is 2.37. The molecule has 0 bridgehead atoms. The van der Waals surface area contributed by atoms with Crippen LogP contribution >= 0.6 is 23.2 Å². The first-order valence-electron chi connectivity index (χ1n) is 11.1. The van der Waals surface area contributed by atoms with Gasteiger partial charge in [-0.15, -0.1) is 0 Å². The molecular formula is C24H29Cl2FN6O2. The van der Waals surface area contributed by atoms with Gasteiger partial charge in [0.15, 0.2) is 11.6 Å². The number of nitrogens with two attached hydrogens (primary N) is 1. The zero-order valence-corrected chi connectivity index (χ0v) is 21.6. The van der Waals surface area contributed by atoms with Gasteiger partial charge in [0.2, 0.25) is 5.91 Å². The third-order valence-corrected chi connectivity index (χ3v) is 6.18. The summed E-state index contributed by atoms with van der Waals surface area (Å²) in [5, 5.41) is 7.43. The Balaban J connectivity index is 1.74. The van der Waals surface area contributed by atoms with Gasteiger partial charge in [-0.25, -0.2) is 9.37 Å². The minimum Gasteiger partial charge on any atom is -0.482 e. The largest absolute Gasteiger partial charge is 0.482 e. The number of halogens is 3. The van der Waals surface area contributed by atoms with Crippen LogP contribution in [0.3, 0.4) is 0 Å². The predicted molar refractivity (Wildman–Crippen MR) is 136 cm³/mol. The Bertz CT molecular complexity index is 1190. The summed E-state index contributed by atoms with van der Waals surface area (Å²) in [7, 11) is 3.98. The van der Waals surface area contributed by atoms with Crippen LogP contribution in [0.4, 0.5) is 10.2 Å². The number of carbonyl (C=O) groups excluding carboxylic acids is 1. The van der Waals surface area contributed by atoms with Crippen LogP contribution in [-0.4, -0.2) is 52.8 Å². The second kappa shape index (κ2) is 11.7. The number of anilines is 1. The van der Waals surface area contributed by atoms with Crippen molar-refractivity contribution in [2.75, 3.05) is 32.9 Å². The second-order valence-corrected chi connectivity index (χ2v) is 9.24. The standard InChI is InChI=1S/C24H29Cl2FN6O2/c1-14(24(34)29-8-5-9-32(3)4)33-13-17(12-31-33)16-10-20(23(28)30-11-16)35-15(2)21-18(25)6-7-19(27)22(21)26/h6-7,10-15H,5,8-9H2,1-4H3,(H2,28,30)(H,29,34)/t14-,15?/m1/s1. The monoisotopic (exact) mass is 522 g/mol. The van der Waals surface area contributed by atoms with Crippen LogP contribution < -0.4 is 15.8 Å². The molecule has 0 aliphatic heterocycles. The lowest BCUT2D eigenvalue weighted by atomic mass is 10.1. The average molecular weight is 523 g/mol. The molecule has 3 N–H and O–H groups in total. The molecule has 2 heterocycles. The summed E-state index contributed by atoms with van der Waals surface area (Å²) in [6.45, 7) is 4.96. The van der Waals surface area contributed by atoms with Gasteiger partial charge in [0, 0.05) is 40.7 Å². The van der Waals surface area contributed by atoms with Crippen LogP contribution in [0.5, 0.6) is 5.75 Å². The Labute approximate surface area is 214 Å². The molecule has 0 radical (unpaired) electrons. The zero-order valence-electron chi connectivity index (χ0n) is 20.1. The number of hydrogen-bond acceptors (Lipinski definition) is 6. The number of ether oxygens (including phenoxy) is 1. The number of carbonyl (C=O) groups is 1. The van der Waals surface area contributed by atoms with Gasteiger partial charge in [-0.1, -0.05) is 23.2 Å². The fraction of sp³-hybridized carbons (Fsp3) is 0.375. The predicted octanol–water partition coefficient (Wildman–Crippen LogP) is 4.74. The number of nitrogens with one attached hydrogen (secondary N) is 1. The minimum absolute atomic E-state index is 0.108. The molecule has 0 fully saturated rings. The van der Waals surface area contributed by atoms with Gasteiger partial charge in [-0.05, 0) is 59.1 Å². The molecule has 0 aliphatic rings. The summed E-state index contributed by atoms with van der Waals surface area (Å²) in [5.74, 6) is -0.270. The Morgan fingerprint density at radius 1 is 1.26 bits per heavy atom. The van der Waals surface area contributed by atoms with Gasteiger partial charge < -0.3 is 20.7 Å². The summed E-state index contributed by atoms with van der Waals surface area (Å²) in [6, 6.07) is 3.83. The maximum absolute atomic E-state index is 13.9. The van der Waals surface area contributed by atoms with E-state index in [9.17, 15) is 9.18 Å². The third-order valence-electron chi connectivity index (χ3n) is 5.46. The molecule has 1 amide bonds. The van der Waals surface area contributed by atoms with E-state index in [0.29, 0.717) is 17.7 Å². The van der Waals surface area contributed by atoms with Crippen LogP contribution in [0, 0.1) is 5.82 Å². The first-order chi connectivity index (χ1) is 16.6. The van der Waals surface area contributed by atoms with Gasteiger partial charge in [0.25, 0.3) is 0 Å². The van der Waals surface area contributed by atoms with E-state index < -0.39 is 18.0 Å². The van der Waals surface area contributed by atoms with Crippen molar-refractivity contribution >= 4 is 34.9 Å². The maximum Gasteiger partial charge on any atom is 0.244 e. The summed E-state index contributed by atoms with van der Waals surface area (Å²) >= 11 is 12.3. The zero-order chi connectivity index (χ0) is 25.7. The highest BCUT2D eigenvalue weighted by atomic mass is 35.5. The normalized spacial score (nSPS) is 13.0. The van der Waals surface area contributed by atoms with E-state index in [1.165, 1.54) is 12.1 Å². The lowest BCUT2D eigenvalue weighted by molar-refractivity contribution is -0.124. The Kier molecular flexibility index (Phi) is 8.93. The van der Waals surface area contributed by atoms with Crippen molar-refractivity contribution in [2.24, 2.45) is 0 Å². The summed E-state index contributed by atoms with van der Waals surface area (Å²) < 4.78 is 21.5. The minimum atomic E-state index is -0.691. The number of rotatable bonds is 10. The summed E-state index contributed by atoms with van der Waals surface area (Å²) in [5.41, 5.74) is 7.74.